The monoisotopic (exact) mass is 319 g/mol. The van der Waals surface area contributed by atoms with Gasteiger partial charge in [-0.3, -0.25) is 4.40 Å². The van der Waals surface area contributed by atoms with E-state index in [-0.39, 0.29) is 6.04 Å². The summed E-state index contributed by atoms with van der Waals surface area (Å²) >= 11 is 0. The van der Waals surface area contributed by atoms with Gasteiger partial charge < -0.3 is 5.32 Å². The molecule has 0 amide bonds. The summed E-state index contributed by atoms with van der Waals surface area (Å²) < 4.78 is 1.98. The van der Waals surface area contributed by atoms with Crippen LogP contribution in [0.1, 0.15) is 24.5 Å². The highest BCUT2D eigenvalue weighted by molar-refractivity contribution is 5.37. The highest BCUT2D eigenvalue weighted by atomic mass is 15.5. The lowest BCUT2D eigenvalue weighted by Gasteiger charge is -2.10. The standard InChI is InChI=1S/C17H17N7/c1-13(17-21-20-16-9-5-6-10-23(16)17)18-11-14-12-19-24(22-14)15-7-3-2-4-8-15/h2-10,12-13,18H,11H2,1H3. The van der Waals surface area contributed by atoms with Gasteiger partial charge in [0.1, 0.15) is 0 Å². The van der Waals surface area contributed by atoms with Crippen LogP contribution in [0.4, 0.5) is 0 Å². The number of hydrogen-bond donors (Lipinski definition) is 1. The van der Waals surface area contributed by atoms with Crippen LogP contribution in [0.3, 0.4) is 0 Å². The van der Waals surface area contributed by atoms with E-state index in [1.807, 2.05) is 59.1 Å². The van der Waals surface area contributed by atoms with Gasteiger partial charge in [0.2, 0.25) is 0 Å². The van der Waals surface area contributed by atoms with Crippen LogP contribution >= 0.6 is 0 Å². The van der Waals surface area contributed by atoms with Crippen molar-refractivity contribution in [3.8, 4) is 5.69 Å². The lowest BCUT2D eigenvalue weighted by atomic mass is 10.3. The molecule has 3 heterocycles. The van der Waals surface area contributed by atoms with E-state index in [0.717, 1.165) is 22.9 Å². The van der Waals surface area contributed by atoms with Gasteiger partial charge in [-0.1, -0.05) is 24.3 Å². The molecule has 0 aliphatic rings. The fourth-order valence-electron chi connectivity index (χ4n) is 2.57. The van der Waals surface area contributed by atoms with Gasteiger partial charge >= 0.3 is 0 Å². The molecular weight excluding hydrogens is 302 g/mol. The van der Waals surface area contributed by atoms with E-state index in [4.69, 9.17) is 0 Å². The van der Waals surface area contributed by atoms with E-state index < -0.39 is 0 Å². The first-order chi connectivity index (χ1) is 11.8. The number of benzene rings is 1. The van der Waals surface area contributed by atoms with Gasteiger partial charge in [0, 0.05) is 12.7 Å². The van der Waals surface area contributed by atoms with Gasteiger partial charge in [0.15, 0.2) is 11.5 Å². The van der Waals surface area contributed by atoms with Crippen molar-refractivity contribution in [2.24, 2.45) is 0 Å². The van der Waals surface area contributed by atoms with Crippen LogP contribution in [0.5, 0.6) is 0 Å². The zero-order chi connectivity index (χ0) is 16.4. The zero-order valence-electron chi connectivity index (χ0n) is 13.2. The number of nitrogens with zero attached hydrogens (tertiary/aromatic N) is 6. The zero-order valence-corrected chi connectivity index (χ0v) is 13.2. The van der Waals surface area contributed by atoms with Crippen molar-refractivity contribution >= 4 is 5.65 Å². The molecule has 0 bridgehead atoms. The minimum atomic E-state index is 0.0456. The summed E-state index contributed by atoms with van der Waals surface area (Å²) in [7, 11) is 0. The van der Waals surface area contributed by atoms with E-state index in [2.05, 4.69) is 32.6 Å². The van der Waals surface area contributed by atoms with E-state index in [1.165, 1.54) is 0 Å². The van der Waals surface area contributed by atoms with Crippen molar-refractivity contribution in [3.05, 3.63) is 72.4 Å². The number of aromatic nitrogens is 6. The minimum Gasteiger partial charge on any atom is -0.302 e. The Bertz CT molecular complexity index is 942. The second kappa shape index (κ2) is 6.21. The largest absolute Gasteiger partial charge is 0.302 e. The molecule has 1 N–H and O–H groups in total. The van der Waals surface area contributed by atoms with Crippen LogP contribution in [0.25, 0.3) is 11.3 Å². The summed E-state index contributed by atoms with van der Waals surface area (Å²) in [6.45, 7) is 2.67. The van der Waals surface area contributed by atoms with Crippen molar-refractivity contribution in [2.75, 3.05) is 0 Å². The van der Waals surface area contributed by atoms with Crippen LogP contribution < -0.4 is 5.32 Å². The minimum absolute atomic E-state index is 0.0456. The van der Waals surface area contributed by atoms with Gasteiger partial charge in [-0.2, -0.15) is 15.0 Å². The van der Waals surface area contributed by atoms with Gasteiger partial charge in [-0.05, 0) is 31.2 Å². The van der Waals surface area contributed by atoms with Crippen LogP contribution in [0.2, 0.25) is 0 Å². The first-order valence-corrected chi connectivity index (χ1v) is 7.81. The molecule has 4 aromatic rings. The molecule has 0 aliphatic heterocycles. The fourth-order valence-corrected chi connectivity index (χ4v) is 2.57. The Hall–Kier alpha value is -3.06. The first kappa shape index (κ1) is 14.5. The van der Waals surface area contributed by atoms with Crippen LogP contribution in [-0.2, 0) is 6.54 Å². The summed E-state index contributed by atoms with van der Waals surface area (Å²) in [5.41, 5.74) is 2.66. The molecule has 0 saturated carbocycles. The molecule has 1 atom stereocenters. The maximum atomic E-state index is 4.50. The number of fused-ring (bicyclic) bond motifs is 1. The predicted octanol–water partition coefficient (Wildman–Crippen LogP) is 2.16. The fraction of sp³-hybridized carbons (Fsp3) is 0.176. The van der Waals surface area contributed by atoms with E-state index >= 15 is 0 Å². The molecule has 0 radical (unpaired) electrons. The summed E-state index contributed by atoms with van der Waals surface area (Å²) in [6, 6.07) is 15.8. The number of hydrogen-bond acceptors (Lipinski definition) is 5. The van der Waals surface area contributed by atoms with Gasteiger partial charge in [0.25, 0.3) is 0 Å². The van der Waals surface area contributed by atoms with Gasteiger partial charge in [0.05, 0.1) is 23.6 Å². The Balaban J connectivity index is 1.46. The summed E-state index contributed by atoms with van der Waals surface area (Å²) in [5.74, 6) is 0.876. The Morgan fingerprint density at radius 1 is 1.04 bits per heavy atom. The molecule has 1 aromatic carbocycles. The molecule has 4 rings (SSSR count). The predicted molar refractivity (Wildman–Crippen MR) is 89.6 cm³/mol. The smallest absolute Gasteiger partial charge is 0.160 e. The van der Waals surface area contributed by atoms with Crippen LogP contribution in [0, 0.1) is 0 Å². The number of pyridine rings is 1. The highest BCUT2D eigenvalue weighted by Crippen LogP contribution is 2.12. The summed E-state index contributed by atoms with van der Waals surface area (Å²) in [4.78, 5) is 1.63. The van der Waals surface area contributed by atoms with Crippen molar-refractivity contribution in [3.63, 3.8) is 0 Å². The average molecular weight is 319 g/mol. The van der Waals surface area contributed by atoms with Gasteiger partial charge in [-0.25, -0.2) is 0 Å². The molecule has 0 fully saturated rings. The van der Waals surface area contributed by atoms with Crippen molar-refractivity contribution < 1.29 is 0 Å². The molecule has 24 heavy (non-hydrogen) atoms. The lowest BCUT2D eigenvalue weighted by molar-refractivity contribution is 0.534. The number of rotatable bonds is 5. The molecule has 120 valence electrons. The Morgan fingerprint density at radius 3 is 2.75 bits per heavy atom. The number of nitrogens with one attached hydrogen (secondary N) is 1. The van der Waals surface area contributed by atoms with Gasteiger partial charge in [-0.15, -0.1) is 10.2 Å². The Kier molecular flexibility index (Phi) is 3.76. The maximum absolute atomic E-state index is 4.50. The Morgan fingerprint density at radius 2 is 1.88 bits per heavy atom. The second-order valence-corrected chi connectivity index (χ2v) is 5.55. The average Bonchev–Trinajstić information content (AvgIpc) is 3.27. The second-order valence-electron chi connectivity index (χ2n) is 5.55. The molecule has 0 spiro atoms. The van der Waals surface area contributed by atoms with Crippen LogP contribution in [-0.4, -0.2) is 29.6 Å². The quantitative estimate of drug-likeness (QED) is 0.610. The van der Waals surface area contributed by atoms with Crippen molar-refractivity contribution in [1.29, 1.82) is 0 Å². The Labute approximate surface area is 139 Å². The summed E-state index contributed by atoms with van der Waals surface area (Å²) in [5, 5.41) is 20.7. The lowest BCUT2D eigenvalue weighted by Crippen LogP contribution is -2.20. The number of para-hydroxylation sites is 1. The normalized spacial score (nSPS) is 12.5. The third-order valence-corrected chi connectivity index (χ3v) is 3.84. The molecule has 7 heteroatoms. The topological polar surface area (TPSA) is 72.9 Å². The van der Waals surface area contributed by atoms with Crippen molar-refractivity contribution in [2.45, 2.75) is 19.5 Å². The molecule has 7 nitrogen and oxygen atoms in total. The molecule has 0 saturated heterocycles. The van der Waals surface area contributed by atoms with E-state index in [0.29, 0.717) is 6.54 Å². The van der Waals surface area contributed by atoms with E-state index in [1.54, 1.807) is 11.0 Å². The highest BCUT2D eigenvalue weighted by Gasteiger charge is 2.13. The SMILES string of the molecule is CC(NCc1cnn(-c2ccccc2)n1)c1nnc2ccccn12. The maximum Gasteiger partial charge on any atom is 0.160 e. The molecular formula is C17H17N7. The third kappa shape index (κ3) is 2.77. The first-order valence-electron chi connectivity index (χ1n) is 7.81. The van der Waals surface area contributed by atoms with Crippen molar-refractivity contribution in [1.82, 2.24) is 34.9 Å². The van der Waals surface area contributed by atoms with Crippen LogP contribution in [0.15, 0.2) is 60.9 Å². The molecule has 0 aliphatic carbocycles. The third-order valence-electron chi connectivity index (χ3n) is 3.84. The van der Waals surface area contributed by atoms with E-state index in [9.17, 15) is 0 Å². The molecule has 1 unspecified atom stereocenters. The summed E-state index contributed by atoms with van der Waals surface area (Å²) in [6.07, 6.45) is 3.74. The molecule has 3 aromatic heterocycles.